The molecule has 2 unspecified atom stereocenters. The van der Waals surface area contributed by atoms with Crippen LogP contribution >= 0.6 is 7.82 Å². The van der Waals surface area contributed by atoms with Gasteiger partial charge in [0, 0.05) is 13.0 Å². The summed E-state index contributed by atoms with van der Waals surface area (Å²) >= 11 is 0. The number of carbonyl (C=O) groups excluding carboxylic acids is 1. The topological polar surface area (TPSA) is 91.3 Å². The fraction of sp³-hybridized carbons (Fsp3) is 0.804. The molecule has 0 radical (unpaired) electrons. The molecule has 55 heavy (non-hydrogen) atoms. The van der Waals surface area contributed by atoms with Crippen molar-refractivity contribution in [3.63, 3.8) is 0 Å². The first-order chi connectivity index (χ1) is 26.6. The Labute approximate surface area is 339 Å². The van der Waals surface area contributed by atoms with Gasteiger partial charge in [0.2, 0.25) is 0 Å². The molecule has 0 bridgehead atoms. The molecule has 0 amide bonds. The Bertz CT molecular complexity index is 1020. The zero-order valence-electron chi connectivity index (χ0n) is 36.4. The largest absolute Gasteiger partial charge is 0.472 e. The van der Waals surface area contributed by atoms with Crippen LogP contribution in [0.1, 0.15) is 181 Å². The highest BCUT2D eigenvalue weighted by molar-refractivity contribution is 7.47. The van der Waals surface area contributed by atoms with Crippen LogP contribution in [0.3, 0.4) is 0 Å². The first kappa shape index (κ1) is 53.5. The van der Waals surface area contributed by atoms with Crippen molar-refractivity contribution >= 4 is 13.8 Å². The monoisotopic (exact) mass is 797 g/mol. The number of likely N-dealkylation sites (N-methyl/N-ethyl adjacent to an activating group) is 1. The van der Waals surface area contributed by atoms with E-state index < -0.39 is 13.9 Å². The second-order valence-electron chi connectivity index (χ2n) is 16.1. The van der Waals surface area contributed by atoms with Crippen molar-refractivity contribution in [2.45, 2.75) is 187 Å². The summed E-state index contributed by atoms with van der Waals surface area (Å²) in [5.41, 5.74) is 0. The van der Waals surface area contributed by atoms with Gasteiger partial charge < -0.3 is 18.9 Å². The second kappa shape index (κ2) is 39.3. The number of ether oxygens (including phenoxy) is 2. The predicted molar refractivity (Wildman–Crippen MR) is 233 cm³/mol. The van der Waals surface area contributed by atoms with Gasteiger partial charge in [-0.3, -0.25) is 13.8 Å². The molecule has 1 N–H and O–H groups in total. The van der Waals surface area contributed by atoms with Gasteiger partial charge in [0.05, 0.1) is 34.4 Å². The summed E-state index contributed by atoms with van der Waals surface area (Å²) in [5, 5.41) is 0. The van der Waals surface area contributed by atoms with E-state index in [1.807, 2.05) is 21.1 Å². The highest BCUT2D eigenvalue weighted by Gasteiger charge is 2.26. The maximum atomic E-state index is 12.7. The lowest BCUT2D eigenvalue weighted by molar-refractivity contribution is -0.870. The minimum atomic E-state index is -4.28. The van der Waals surface area contributed by atoms with Crippen molar-refractivity contribution < 1.29 is 37.3 Å². The van der Waals surface area contributed by atoms with Crippen molar-refractivity contribution in [1.29, 1.82) is 0 Å². The predicted octanol–water partition coefficient (Wildman–Crippen LogP) is 13.2. The average Bonchev–Trinajstić information content (AvgIpc) is 3.13. The third-order valence-electron chi connectivity index (χ3n) is 9.34. The maximum Gasteiger partial charge on any atom is 0.472 e. The smallest absolute Gasteiger partial charge is 0.457 e. The number of hydrogen-bond acceptors (Lipinski definition) is 6. The number of unbranched alkanes of at least 4 members (excludes halogenated alkanes) is 19. The molecule has 322 valence electrons. The van der Waals surface area contributed by atoms with Gasteiger partial charge in [0.1, 0.15) is 19.3 Å². The summed E-state index contributed by atoms with van der Waals surface area (Å²) in [4.78, 5) is 22.9. The van der Waals surface area contributed by atoms with Crippen molar-refractivity contribution in [3.05, 3.63) is 48.6 Å². The minimum absolute atomic E-state index is 0.0842. The van der Waals surface area contributed by atoms with Gasteiger partial charge in [0.25, 0.3) is 0 Å². The number of carbonyl (C=O) groups is 1. The van der Waals surface area contributed by atoms with Crippen molar-refractivity contribution in [2.75, 3.05) is 54.1 Å². The molecule has 2 atom stereocenters. The summed E-state index contributed by atoms with van der Waals surface area (Å²) in [5.74, 6) is -0.323. The molecule has 9 heteroatoms. The lowest BCUT2D eigenvalue weighted by Crippen LogP contribution is -2.37. The van der Waals surface area contributed by atoms with Gasteiger partial charge in [-0.2, -0.15) is 0 Å². The second-order valence-corrected chi connectivity index (χ2v) is 17.5. The van der Waals surface area contributed by atoms with Gasteiger partial charge in [-0.05, 0) is 70.6 Å². The molecule has 0 heterocycles. The SMILES string of the molecule is CCC/C=C\C/C=C\CCCCCCCCOCC(COP(=O)(O)OCC[N+](C)(C)C)OC(=O)CCCCCCCCCCC/C=C\C/C=C\CCCCC. The average molecular weight is 797 g/mol. The van der Waals surface area contributed by atoms with Crippen LogP contribution in [0.2, 0.25) is 0 Å². The lowest BCUT2D eigenvalue weighted by atomic mass is 10.1. The number of esters is 1. The quantitative estimate of drug-likeness (QED) is 0.0217. The molecule has 0 aliphatic heterocycles. The first-order valence-electron chi connectivity index (χ1n) is 22.4. The molecule has 0 saturated heterocycles. The molecule has 0 aromatic carbocycles. The zero-order chi connectivity index (χ0) is 40.6. The maximum absolute atomic E-state index is 12.7. The summed E-state index contributed by atoms with van der Waals surface area (Å²) < 4.78 is 35.0. The van der Waals surface area contributed by atoms with Crippen molar-refractivity contribution in [3.8, 4) is 0 Å². The van der Waals surface area contributed by atoms with Gasteiger partial charge in [-0.1, -0.05) is 152 Å². The molecule has 0 spiro atoms. The van der Waals surface area contributed by atoms with Crippen LogP contribution in [0.5, 0.6) is 0 Å². The van der Waals surface area contributed by atoms with Gasteiger partial charge >= 0.3 is 13.8 Å². The highest BCUT2D eigenvalue weighted by Crippen LogP contribution is 2.43. The molecular weight excluding hydrogens is 709 g/mol. The van der Waals surface area contributed by atoms with E-state index in [1.54, 1.807) is 0 Å². The van der Waals surface area contributed by atoms with E-state index in [-0.39, 0.29) is 25.8 Å². The Kier molecular flexibility index (Phi) is 38.2. The Hall–Kier alpha value is -1.54. The van der Waals surface area contributed by atoms with Gasteiger partial charge in [0.15, 0.2) is 0 Å². The summed E-state index contributed by atoms with van der Waals surface area (Å²) in [6, 6.07) is 0. The van der Waals surface area contributed by atoms with E-state index >= 15 is 0 Å². The number of rotatable bonds is 41. The minimum Gasteiger partial charge on any atom is -0.457 e. The number of hydrogen-bond donors (Lipinski definition) is 1. The standard InChI is InChI=1S/C46H86NO7P/c1-6-8-10-12-14-16-18-20-22-23-24-25-26-27-29-31-33-35-37-39-46(48)54-45(44-53-55(49,50)52-42-40-47(3,4)5)43-51-41-38-36-34-32-30-28-21-19-17-15-13-11-9-7-2/h11,13-14,16-17,19-20,22,45H,6-10,12,15,18,21,23-44H2,1-5H3/p+1/b13-11-,16-14-,19-17-,22-20-. The third kappa shape index (κ3) is 43.4. The van der Waals surface area contributed by atoms with Crippen LogP contribution in [0.4, 0.5) is 0 Å². The molecule has 0 aromatic heterocycles. The first-order valence-corrected chi connectivity index (χ1v) is 23.9. The highest BCUT2D eigenvalue weighted by atomic mass is 31.2. The van der Waals surface area contributed by atoms with E-state index in [9.17, 15) is 14.3 Å². The number of phosphoric acid groups is 1. The molecule has 0 aromatic rings. The van der Waals surface area contributed by atoms with Crippen LogP contribution < -0.4 is 0 Å². The molecule has 0 rings (SSSR count). The molecule has 8 nitrogen and oxygen atoms in total. The summed E-state index contributed by atoms with van der Waals surface area (Å²) in [6.07, 6.45) is 47.1. The van der Waals surface area contributed by atoms with Crippen LogP contribution in [-0.2, 0) is 27.9 Å². The fourth-order valence-electron chi connectivity index (χ4n) is 5.86. The molecular formula is C46H87NO7P+. The summed E-state index contributed by atoms with van der Waals surface area (Å²) in [6.45, 7) is 5.51. The van der Waals surface area contributed by atoms with Gasteiger partial charge in [-0.25, -0.2) is 4.57 Å². The molecule has 0 saturated carbocycles. The van der Waals surface area contributed by atoms with Crippen LogP contribution in [0, 0.1) is 0 Å². The molecule has 0 fully saturated rings. The van der Waals surface area contributed by atoms with E-state index in [0.717, 1.165) is 51.4 Å². The normalized spacial score (nSPS) is 14.2. The van der Waals surface area contributed by atoms with Crippen LogP contribution in [0.25, 0.3) is 0 Å². The molecule has 0 aliphatic rings. The number of nitrogens with zero attached hydrogens (tertiary/aromatic N) is 1. The Morgan fingerprint density at radius 2 is 1.04 bits per heavy atom. The molecule has 0 aliphatic carbocycles. The number of allylic oxidation sites excluding steroid dienone is 8. The van der Waals surface area contributed by atoms with Crippen molar-refractivity contribution in [2.24, 2.45) is 0 Å². The Morgan fingerprint density at radius 3 is 1.55 bits per heavy atom. The van der Waals surface area contributed by atoms with Crippen molar-refractivity contribution in [1.82, 2.24) is 0 Å². The van der Waals surface area contributed by atoms with Crippen LogP contribution in [0.15, 0.2) is 48.6 Å². The Morgan fingerprint density at radius 1 is 0.564 bits per heavy atom. The third-order valence-corrected chi connectivity index (χ3v) is 10.3. The van der Waals surface area contributed by atoms with E-state index in [2.05, 4.69) is 62.5 Å². The lowest BCUT2D eigenvalue weighted by Gasteiger charge is -2.24. The van der Waals surface area contributed by atoms with E-state index in [4.69, 9.17) is 18.5 Å². The van der Waals surface area contributed by atoms with E-state index in [1.165, 1.54) is 109 Å². The Balaban J connectivity index is 4.23. The van der Waals surface area contributed by atoms with E-state index in [0.29, 0.717) is 24.1 Å². The number of phosphoric ester groups is 1. The fourth-order valence-corrected chi connectivity index (χ4v) is 6.60. The summed E-state index contributed by atoms with van der Waals surface area (Å²) in [7, 11) is 1.65. The number of quaternary nitrogens is 1. The van der Waals surface area contributed by atoms with Gasteiger partial charge in [-0.15, -0.1) is 0 Å². The zero-order valence-corrected chi connectivity index (χ0v) is 37.3. The van der Waals surface area contributed by atoms with Crippen LogP contribution in [-0.4, -0.2) is 75.6 Å².